The molecule has 4 N–H and O–H groups in total. The molecule has 1 heterocycles. The maximum atomic E-state index is 11.1. The van der Waals surface area contributed by atoms with E-state index in [4.69, 9.17) is 19.8 Å². The summed E-state index contributed by atoms with van der Waals surface area (Å²) in [6, 6.07) is 9.07. The van der Waals surface area contributed by atoms with Crippen molar-refractivity contribution in [2.45, 2.75) is 45.6 Å². The van der Waals surface area contributed by atoms with Crippen LogP contribution in [0.2, 0.25) is 0 Å². The van der Waals surface area contributed by atoms with Gasteiger partial charge < -0.3 is 20.5 Å². The number of aromatic nitrogens is 1. The number of methoxy groups -OCH3 is 1. The van der Waals surface area contributed by atoms with E-state index in [0.717, 1.165) is 30.5 Å². The van der Waals surface area contributed by atoms with Gasteiger partial charge in [0.25, 0.3) is 10.1 Å². The number of amides is 1. The lowest BCUT2D eigenvalue weighted by Gasteiger charge is -2.26. The van der Waals surface area contributed by atoms with Gasteiger partial charge in [0.1, 0.15) is 0 Å². The SMILES string of the molecule is COc1cc(CNCCC2CCC(C)CC2)ccc1Oc1ccc(C(N)=O)cn1.CS(=O)(=O)O. The first kappa shape index (κ1) is 27.6. The number of pyridine rings is 1. The summed E-state index contributed by atoms with van der Waals surface area (Å²) >= 11 is 0. The van der Waals surface area contributed by atoms with E-state index in [1.54, 1.807) is 19.2 Å². The minimum Gasteiger partial charge on any atom is -0.493 e. The first-order valence-electron chi connectivity index (χ1n) is 11.3. The number of carbonyl (C=O) groups excluding carboxylic acids is 1. The second-order valence-electron chi connectivity index (χ2n) is 8.66. The first-order valence-corrected chi connectivity index (χ1v) is 13.1. The Bertz CT molecular complexity index is 1010. The summed E-state index contributed by atoms with van der Waals surface area (Å²) in [4.78, 5) is 15.2. The number of nitrogens with one attached hydrogen (secondary N) is 1. The number of primary amides is 1. The number of ether oxygens (including phenoxy) is 2. The predicted molar refractivity (Wildman–Crippen MR) is 131 cm³/mol. The molecule has 0 spiro atoms. The summed E-state index contributed by atoms with van der Waals surface area (Å²) in [7, 11) is -2.05. The summed E-state index contributed by atoms with van der Waals surface area (Å²) in [5, 5.41) is 3.54. The Kier molecular flexibility index (Phi) is 10.7. The van der Waals surface area contributed by atoms with Crippen molar-refractivity contribution >= 4 is 16.0 Å². The molecule has 0 bridgehead atoms. The summed E-state index contributed by atoms with van der Waals surface area (Å²) in [6.45, 7) is 4.20. The summed E-state index contributed by atoms with van der Waals surface area (Å²) < 4.78 is 37.1. The fourth-order valence-corrected chi connectivity index (χ4v) is 3.76. The van der Waals surface area contributed by atoms with Crippen molar-refractivity contribution < 1.29 is 27.2 Å². The molecule has 0 unspecified atom stereocenters. The van der Waals surface area contributed by atoms with Crippen LogP contribution < -0.4 is 20.5 Å². The average Bonchev–Trinajstić information content (AvgIpc) is 2.78. The van der Waals surface area contributed by atoms with Gasteiger partial charge in [-0.1, -0.05) is 38.7 Å². The second kappa shape index (κ2) is 13.3. The molecule has 1 fully saturated rings. The van der Waals surface area contributed by atoms with Crippen LogP contribution in [0.25, 0.3) is 0 Å². The molecule has 0 atom stereocenters. The zero-order valence-corrected chi connectivity index (χ0v) is 20.8. The van der Waals surface area contributed by atoms with E-state index in [-0.39, 0.29) is 0 Å². The molecule has 10 heteroatoms. The Balaban J connectivity index is 0.000000739. The molecule has 188 valence electrons. The fourth-order valence-electron chi connectivity index (χ4n) is 3.76. The lowest BCUT2D eigenvalue weighted by molar-refractivity contribution is 0.1000. The number of hydrogen-bond acceptors (Lipinski definition) is 7. The van der Waals surface area contributed by atoms with Crippen molar-refractivity contribution in [1.29, 1.82) is 0 Å². The van der Waals surface area contributed by atoms with Crippen LogP contribution in [-0.2, 0) is 16.7 Å². The van der Waals surface area contributed by atoms with Gasteiger partial charge in [0.2, 0.25) is 11.8 Å². The molecule has 34 heavy (non-hydrogen) atoms. The van der Waals surface area contributed by atoms with Gasteiger partial charge in [0.05, 0.1) is 18.9 Å². The van der Waals surface area contributed by atoms with Crippen molar-refractivity contribution in [2.75, 3.05) is 19.9 Å². The standard InChI is InChI=1S/C23H31N3O3.CH4O3S/c1-16-3-5-17(6-4-16)11-12-25-14-18-7-9-20(21(13-18)28-2)29-22-10-8-19(15-26-22)23(24)27;1-5(2,3)4/h7-10,13,15-17,25H,3-6,11-12,14H2,1-2H3,(H2,24,27);1H3,(H,2,3,4). The molecule has 9 nitrogen and oxygen atoms in total. The number of carbonyl (C=O) groups is 1. The predicted octanol–water partition coefficient (Wildman–Crippen LogP) is 3.79. The van der Waals surface area contributed by atoms with E-state index in [2.05, 4.69) is 17.2 Å². The topological polar surface area (TPSA) is 141 Å². The lowest BCUT2D eigenvalue weighted by Crippen LogP contribution is -2.20. The van der Waals surface area contributed by atoms with Crippen molar-refractivity contribution in [3.05, 3.63) is 47.7 Å². The molecule has 1 saturated carbocycles. The third kappa shape index (κ3) is 10.5. The van der Waals surface area contributed by atoms with Crippen molar-refractivity contribution in [1.82, 2.24) is 10.3 Å². The highest BCUT2D eigenvalue weighted by Gasteiger charge is 2.17. The third-order valence-electron chi connectivity index (χ3n) is 5.66. The molecule has 2 aromatic rings. The number of benzene rings is 1. The summed E-state index contributed by atoms with van der Waals surface area (Å²) in [6.07, 6.45) is 8.86. The van der Waals surface area contributed by atoms with E-state index in [1.807, 2.05) is 18.2 Å². The zero-order valence-electron chi connectivity index (χ0n) is 20.0. The Morgan fingerprint density at radius 3 is 2.41 bits per heavy atom. The Morgan fingerprint density at radius 1 is 1.18 bits per heavy atom. The van der Waals surface area contributed by atoms with Crippen molar-refractivity contribution in [3.63, 3.8) is 0 Å². The van der Waals surface area contributed by atoms with Gasteiger partial charge in [0.15, 0.2) is 11.5 Å². The van der Waals surface area contributed by atoms with Gasteiger partial charge in [0, 0.05) is 18.8 Å². The van der Waals surface area contributed by atoms with E-state index >= 15 is 0 Å². The molecule has 1 aliphatic carbocycles. The van der Waals surface area contributed by atoms with Crippen LogP contribution >= 0.6 is 0 Å². The molecule has 1 amide bonds. The molecule has 1 aromatic heterocycles. The van der Waals surface area contributed by atoms with Gasteiger partial charge in [-0.3, -0.25) is 9.35 Å². The highest BCUT2D eigenvalue weighted by atomic mass is 32.2. The quantitative estimate of drug-likeness (QED) is 0.354. The van der Waals surface area contributed by atoms with Crippen molar-refractivity contribution in [3.8, 4) is 17.4 Å². The number of nitrogens with two attached hydrogens (primary N) is 1. The van der Waals surface area contributed by atoms with E-state index in [1.165, 1.54) is 38.3 Å². The molecule has 0 saturated heterocycles. The van der Waals surface area contributed by atoms with Crippen LogP contribution in [0.1, 0.15) is 54.9 Å². The van der Waals surface area contributed by atoms with Crippen LogP contribution in [0.5, 0.6) is 17.4 Å². The zero-order chi connectivity index (χ0) is 25.1. The molecule has 0 radical (unpaired) electrons. The number of rotatable bonds is 9. The first-order chi connectivity index (χ1) is 16.0. The average molecular weight is 494 g/mol. The van der Waals surface area contributed by atoms with E-state index < -0.39 is 16.0 Å². The largest absolute Gasteiger partial charge is 0.493 e. The van der Waals surface area contributed by atoms with Crippen LogP contribution in [0.15, 0.2) is 36.5 Å². The molecule has 1 aromatic carbocycles. The van der Waals surface area contributed by atoms with Crippen LogP contribution in [0.3, 0.4) is 0 Å². The third-order valence-corrected chi connectivity index (χ3v) is 5.66. The van der Waals surface area contributed by atoms with Crippen LogP contribution in [0.4, 0.5) is 0 Å². The van der Waals surface area contributed by atoms with Gasteiger partial charge in [-0.25, -0.2) is 4.98 Å². The minimum absolute atomic E-state index is 0.341. The van der Waals surface area contributed by atoms with Crippen molar-refractivity contribution in [2.24, 2.45) is 17.6 Å². The molecule has 0 aliphatic heterocycles. The minimum atomic E-state index is -3.67. The molecule has 3 rings (SSSR count). The normalized spacial score (nSPS) is 17.9. The number of nitrogens with zero attached hydrogens (tertiary/aromatic N) is 1. The van der Waals surface area contributed by atoms with Gasteiger partial charge in [-0.15, -0.1) is 0 Å². The molecular formula is C24H35N3O6S. The van der Waals surface area contributed by atoms with E-state index in [9.17, 15) is 13.2 Å². The van der Waals surface area contributed by atoms with E-state index in [0.29, 0.717) is 29.2 Å². The highest BCUT2D eigenvalue weighted by molar-refractivity contribution is 7.85. The Hall–Kier alpha value is -2.69. The van der Waals surface area contributed by atoms with Gasteiger partial charge in [-0.05, 0) is 48.6 Å². The summed E-state index contributed by atoms with van der Waals surface area (Å²) in [5.74, 6) is 2.86. The fraction of sp³-hybridized carbons (Fsp3) is 0.500. The molecular weight excluding hydrogens is 458 g/mol. The van der Waals surface area contributed by atoms with Gasteiger partial charge >= 0.3 is 0 Å². The summed E-state index contributed by atoms with van der Waals surface area (Å²) in [5.41, 5.74) is 6.71. The van der Waals surface area contributed by atoms with Crippen LogP contribution in [0, 0.1) is 11.8 Å². The lowest BCUT2D eigenvalue weighted by atomic mass is 9.81. The second-order valence-corrected chi connectivity index (χ2v) is 10.1. The Labute approximate surface area is 201 Å². The maximum absolute atomic E-state index is 11.1. The van der Waals surface area contributed by atoms with Gasteiger partial charge in [-0.2, -0.15) is 8.42 Å². The highest BCUT2D eigenvalue weighted by Crippen LogP contribution is 2.32. The monoisotopic (exact) mass is 493 g/mol. The smallest absolute Gasteiger partial charge is 0.261 e. The number of hydrogen-bond donors (Lipinski definition) is 3. The Morgan fingerprint density at radius 2 is 1.85 bits per heavy atom. The van der Waals surface area contributed by atoms with Crippen LogP contribution in [-0.4, -0.2) is 43.8 Å². The maximum Gasteiger partial charge on any atom is 0.261 e. The molecule has 1 aliphatic rings.